The summed E-state index contributed by atoms with van der Waals surface area (Å²) in [5.41, 5.74) is 1.11. The lowest BCUT2D eigenvalue weighted by Gasteiger charge is -2.24. The highest BCUT2D eigenvalue weighted by Gasteiger charge is 2.54. The second kappa shape index (κ2) is 6.98. The fourth-order valence-corrected chi connectivity index (χ4v) is 4.46. The van der Waals surface area contributed by atoms with Crippen molar-refractivity contribution in [3.8, 4) is 5.75 Å². The van der Waals surface area contributed by atoms with Crippen LogP contribution in [0.5, 0.6) is 5.75 Å². The van der Waals surface area contributed by atoms with E-state index in [0.29, 0.717) is 23.2 Å². The van der Waals surface area contributed by atoms with E-state index >= 15 is 0 Å². The molecule has 0 bridgehead atoms. The van der Waals surface area contributed by atoms with Gasteiger partial charge in [0.15, 0.2) is 0 Å². The largest absolute Gasteiger partial charge is 0.535 e. The van der Waals surface area contributed by atoms with E-state index in [4.69, 9.17) is 9.39 Å². The normalized spacial score (nSPS) is 23.8. The molecule has 0 saturated heterocycles. The molecule has 0 aromatic heterocycles. The van der Waals surface area contributed by atoms with Gasteiger partial charge in [-0.2, -0.15) is 0 Å². The Balaban J connectivity index is 1.86. The van der Waals surface area contributed by atoms with Crippen LogP contribution in [0, 0.1) is 5.92 Å². The van der Waals surface area contributed by atoms with Gasteiger partial charge >= 0.3 is 13.1 Å². The second-order valence-corrected chi connectivity index (χ2v) is 8.18. The number of thioether (sulfide) groups is 1. The lowest BCUT2D eigenvalue weighted by atomic mass is 9.77. The van der Waals surface area contributed by atoms with Crippen molar-refractivity contribution >= 4 is 24.8 Å². The van der Waals surface area contributed by atoms with E-state index < -0.39 is 13.1 Å². The average Bonchev–Trinajstić information content (AvgIpc) is 3.33. The van der Waals surface area contributed by atoms with Gasteiger partial charge < -0.3 is 19.5 Å². The zero-order valence-electron chi connectivity index (χ0n) is 14.2. The van der Waals surface area contributed by atoms with Crippen LogP contribution in [-0.2, 0) is 4.74 Å². The molecule has 1 fully saturated rings. The Kier molecular flexibility index (Phi) is 5.13. The molecule has 5 nitrogen and oxygen atoms in total. The molecule has 0 spiro atoms. The average molecular weight is 350 g/mol. The van der Waals surface area contributed by atoms with Gasteiger partial charge in [0.25, 0.3) is 0 Å². The van der Waals surface area contributed by atoms with Crippen LogP contribution >= 0.6 is 11.8 Å². The van der Waals surface area contributed by atoms with E-state index in [2.05, 4.69) is 13.8 Å². The van der Waals surface area contributed by atoms with Crippen LogP contribution in [0.1, 0.15) is 48.5 Å². The van der Waals surface area contributed by atoms with Crippen LogP contribution in [0.2, 0.25) is 5.82 Å². The molecule has 2 aliphatic rings. The van der Waals surface area contributed by atoms with Gasteiger partial charge in [0.05, 0.1) is 0 Å². The van der Waals surface area contributed by atoms with E-state index in [1.807, 2.05) is 12.1 Å². The van der Waals surface area contributed by atoms with Crippen molar-refractivity contribution in [1.29, 1.82) is 0 Å². The molecule has 1 heterocycles. The van der Waals surface area contributed by atoms with Gasteiger partial charge in [0.2, 0.25) is 0 Å². The minimum absolute atomic E-state index is 0.116. The maximum Gasteiger partial charge on any atom is 0.526 e. The molecule has 130 valence electrons. The summed E-state index contributed by atoms with van der Waals surface area (Å²) in [6.07, 6.45) is 1.79. The number of carboxylic acid groups (broad SMARTS) is 1. The summed E-state index contributed by atoms with van der Waals surface area (Å²) in [6.45, 7) is 4.94. The van der Waals surface area contributed by atoms with Gasteiger partial charge in [-0.25, -0.2) is 4.79 Å². The molecular weight excluding hydrogens is 327 g/mol. The van der Waals surface area contributed by atoms with Gasteiger partial charge in [0, 0.05) is 29.7 Å². The van der Waals surface area contributed by atoms with Crippen LogP contribution in [0.25, 0.3) is 0 Å². The quantitative estimate of drug-likeness (QED) is 0.581. The van der Waals surface area contributed by atoms with E-state index in [0.717, 1.165) is 18.4 Å². The fourth-order valence-electron chi connectivity index (χ4n) is 3.25. The van der Waals surface area contributed by atoms with Crippen LogP contribution in [0.3, 0.4) is 0 Å². The Hall–Kier alpha value is -1.18. The topological polar surface area (TPSA) is 76.0 Å². The maximum absolute atomic E-state index is 11.8. The summed E-state index contributed by atoms with van der Waals surface area (Å²) in [6, 6.07) is 3.86. The monoisotopic (exact) mass is 350 g/mol. The molecule has 3 rings (SSSR count). The highest BCUT2D eigenvalue weighted by molar-refractivity contribution is 8.00. The molecule has 1 aliphatic carbocycles. The van der Waals surface area contributed by atoms with Gasteiger partial charge in [-0.15, -0.1) is 11.8 Å². The third kappa shape index (κ3) is 3.30. The van der Waals surface area contributed by atoms with Crippen molar-refractivity contribution in [3.63, 3.8) is 0 Å². The third-order valence-electron chi connectivity index (χ3n) is 5.10. The maximum atomic E-state index is 11.8. The number of fused-ring (bicyclic) bond motifs is 3. The Morgan fingerprint density at radius 1 is 1.50 bits per heavy atom. The molecule has 0 radical (unpaired) electrons. The summed E-state index contributed by atoms with van der Waals surface area (Å²) >= 11 is 1.55. The number of benzene rings is 1. The molecule has 0 unspecified atom stereocenters. The summed E-state index contributed by atoms with van der Waals surface area (Å²) in [4.78, 5) is 12.5. The van der Waals surface area contributed by atoms with Crippen LogP contribution in [-0.4, -0.2) is 42.2 Å². The Labute approximate surface area is 146 Å². The summed E-state index contributed by atoms with van der Waals surface area (Å²) in [5.74, 6) is 0.101. The molecular formula is C17H23BO5S. The van der Waals surface area contributed by atoms with Gasteiger partial charge in [0.1, 0.15) is 11.3 Å². The number of carboxylic acids is 1. The molecule has 7 heteroatoms. The van der Waals surface area contributed by atoms with Gasteiger partial charge in [-0.05, 0) is 36.3 Å². The van der Waals surface area contributed by atoms with Crippen molar-refractivity contribution in [3.05, 3.63) is 23.3 Å². The van der Waals surface area contributed by atoms with Crippen LogP contribution < -0.4 is 4.65 Å². The minimum Gasteiger partial charge on any atom is -0.535 e. The van der Waals surface area contributed by atoms with Gasteiger partial charge in [-0.3, -0.25) is 0 Å². The van der Waals surface area contributed by atoms with Crippen molar-refractivity contribution in [2.45, 2.75) is 48.6 Å². The highest BCUT2D eigenvalue weighted by Crippen LogP contribution is 2.60. The first-order valence-corrected chi connectivity index (χ1v) is 9.22. The van der Waals surface area contributed by atoms with Gasteiger partial charge in [-0.1, -0.05) is 19.9 Å². The number of aromatic carboxylic acids is 1. The molecule has 1 aromatic carbocycles. The number of rotatable bonds is 7. The Morgan fingerprint density at radius 3 is 2.92 bits per heavy atom. The van der Waals surface area contributed by atoms with Crippen molar-refractivity contribution in [2.24, 2.45) is 5.92 Å². The number of hydrogen-bond donors (Lipinski definition) is 2. The molecule has 1 saturated carbocycles. The van der Waals surface area contributed by atoms with Crippen molar-refractivity contribution in [1.82, 2.24) is 0 Å². The molecule has 0 amide bonds. The van der Waals surface area contributed by atoms with Crippen LogP contribution in [0.4, 0.5) is 0 Å². The smallest absolute Gasteiger partial charge is 0.526 e. The third-order valence-corrected chi connectivity index (χ3v) is 6.53. The van der Waals surface area contributed by atoms with Crippen molar-refractivity contribution < 1.29 is 24.3 Å². The summed E-state index contributed by atoms with van der Waals surface area (Å²) in [7, 11) is 0.795. The van der Waals surface area contributed by atoms with Crippen LogP contribution in [0.15, 0.2) is 17.0 Å². The zero-order valence-corrected chi connectivity index (χ0v) is 15.0. The number of hydrogen-bond acceptors (Lipinski definition) is 5. The Morgan fingerprint density at radius 2 is 2.25 bits per heavy atom. The molecule has 4 atom stereocenters. The zero-order chi connectivity index (χ0) is 17.4. The first kappa shape index (κ1) is 17.6. The summed E-state index contributed by atoms with van der Waals surface area (Å²) < 4.78 is 10.7. The number of carbonyl (C=O) groups is 1. The van der Waals surface area contributed by atoms with E-state index in [1.165, 1.54) is 0 Å². The van der Waals surface area contributed by atoms with E-state index in [-0.39, 0.29) is 22.5 Å². The predicted octanol–water partition coefficient (Wildman–Crippen LogP) is 3.27. The number of methoxy groups -OCH3 is 1. The van der Waals surface area contributed by atoms with Crippen molar-refractivity contribution in [2.75, 3.05) is 13.7 Å². The summed E-state index contributed by atoms with van der Waals surface area (Å²) in [5, 5.41) is 19.9. The molecule has 2 N–H and O–H groups in total. The molecule has 1 aliphatic heterocycles. The first-order valence-electron chi connectivity index (χ1n) is 8.34. The van der Waals surface area contributed by atoms with E-state index in [9.17, 15) is 14.9 Å². The number of ether oxygens (including phenoxy) is 1. The lowest BCUT2D eigenvalue weighted by Crippen LogP contribution is -2.27. The second-order valence-electron chi connectivity index (χ2n) is 6.76. The fraction of sp³-hybridized carbons (Fsp3) is 0.588. The standard InChI is InChI=1S/C17H23BO5S/c1-9(6-7-22-3)10(2)24-14-5-4-11-12-8-13(12)18(21)23-16(11)15(14)17(19)20/h4-5,9-10,12-13,21H,6-8H2,1-3H3,(H,19,20)/t9-,10-,12+,13+/m0/s1. The highest BCUT2D eigenvalue weighted by atomic mass is 32.2. The minimum atomic E-state index is -1.00. The van der Waals surface area contributed by atoms with E-state index in [1.54, 1.807) is 18.9 Å². The molecule has 24 heavy (non-hydrogen) atoms. The first-order chi connectivity index (χ1) is 11.4. The Bertz CT molecular complexity index is 638. The molecule has 1 aromatic rings. The lowest BCUT2D eigenvalue weighted by molar-refractivity contribution is 0.0690. The predicted molar refractivity (Wildman–Crippen MR) is 94.1 cm³/mol. The SMILES string of the molecule is COCC[C@H](C)[C@H](C)Sc1ccc2c(c1C(=O)O)OB(O)[C@@H]1C[C@H]21.